The van der Waals surface area contributed by atoms with Crippen molar-refractivity contribution in [1.82, 2.24) is 9.66 Å². The van der Waals surface area contributed by atoms with Crippen molar-refractivity contribution in [2.24, 2.45) is 5.10 Å². The zero-order valence-corrected chi connectivity index (χ0v) is 16.8. The molecule has 0 amide bonds. The highest BCUT2D eigenvalue weighted by molar-refractivity contribution is 5.80. The summed E-state index contributed by atoms with van der Waals surface area (Å²) in [4.78, 5) is 17.7. The highest BCUT2D eigenvalue weighted by atomic mass is 16.5. The summed E-state index contributed by atoms with van der Waals surface area (Å²) in [5.74, 6) is 1.92. The Kier molecular flexibility index (Phi) is 5.57. The van der Waals surface area contributed by atoms with Gasteiger partial charge in [-0.25, -0.2) is 4.98 Å². The molecule has 1 heterocycles. The lowest BCUT2D eigenvalue weighted by Gasteiger charge is -2.12. The van der Waals surface area contributed by atoms with E-state index in [1.807, 2.05) is 73.7 Å². The third-order valence-electron chi connectivity index (χ3n) is 4.71. The van der Waals surface area contributed by atoms with Crippen LogP contribution in [-0.2, 0) is 6.61 Å². The van der Waals surface area contributed by atoms with Gasteiger partial charge in [0.1, 0.15) is 18.1 Å². The van der Waals surface area contributed by atoms with E-state index >= 15 is 0 Å². The van der Waals surface area contributed by atoms with Gasteiger partial charge in [-0.3, -0.25) is 4.79 Å². The van der Waals surface area contributed by atoms with Gasteiger partial charge in [0, 0.05) is 0 Å². The van der Waals surface area contributed by atoms with E-state index in [2.05, 4.69) is 10.1 Å². The second-order valence-corrected chi connectivity index (χ2v) is 6.73. The molecule has 0 saturated heterocycles. The van der Waals surface area contributed by atoms with Crippen LogP contribution in [-0.4, -0.2) is 23.0 Å². The van der Waals surface area contributed by atoms with Crippen molar-refractivity contribution >= 4 is 17.1 Å². The van der Waals surface area contributed by atoms with E-state index in [1.165, 1.54) is 4.68 Å². The van der Waals surface area contributed by atoms with Gasteiger partial charge in [-0.1, -0.05) is 30.3 Å². The Morgan fingerprint density at radius 3 is 2.50 bits per heavy atom. The Balaban J connectivity index is 1.72. The van der Waals surface area contributed by atoms with E-state index in [0.717, 1.165) is 22.6 Å². The van der Waals surface area contributed by atoms with Crippen LogP contribution in [0.3, 0.4) is 0 Å². The fourth-order valence-electron chi connectivity index (χ4n) is 3.06. The van der Waals surface area contributed by atoms with Gasteiger partial charge >= 0.3 is 0 Å². The lowest BCUT2D eigenvalue weighted by molar-refractivity contribution is 0.287. The predicted molar refractivity (Wildman–Crippen MR) is 118 cm³/mol. The molecule has 30 heavy (non-hydrogen) atoms. The molecule has 0 fully saturated rings. The SMILES string of the molecule is COc1ccc(C=Nn2c(COc3ccccc3C)nc3ccccc3c2=O)cc1. The fraction of sp³-hybridized carbons (Fsp3) is 0.125. The van der Waals surface area contributed by atoms with Crippen molar-refractivity contribution in [1.29, 1.82) is 0 Å². The highest BCUT2D eigenvalue weighted by Crippen LogP contribution is 2.18. The summed E-state index contributed by atoms with van der Waals surface area (Å²) in [7, 11) is 1.62. The summed E-state index contributed by atoms with van der Waals surface area (Å²) in [5.41, 5.74) is 2.21. The molecule has 0 aliphatic rings. The van der Waals surface area contributed by atoms with E-state index in [-0.39, 0.29) is 12.2 Å². The van der Waals surface area contributed by atoms with E-state index in [4.69, 9.17) is 9.47 Å². The molecule has 0 unspecified atom stereocenters. The number of methoxy groups -OCH3 is 1. The number of benzene rings is 3. The number of para-hydroxylation sites is 2. The first-order valence-corrected chi connectivity index (χ1v) is 9.53. The number of fused-ring (bicyclic) bond motifs is 1. The number of aromatic nitrogens is 2. The Bertz CT molecular complexity index is 1260. The van der Waals surface area contributed by atoms with Gasteiger partial charge in [-0.15, -0.1) is 0 Å². The summed E-state index contributed by atoms with van der Waals surface area (Å²) < 4.78 is 12.4. The first-order valence-electron chi connectivity index (χ1n) is 9.53. The van der Waals surface area contributed by atoms with E-state index in [0.29, 0.717) is 16.7 Å². The largest absolute Gasteiger partial charge is 0.497 e. The summed E-state index contributed by atoms with van der Waals surface area (Å²) in [6, 6.07) is 22.3. The summed E-state index contributed by atoms with van der Waals surface area (Å²) in [5, 5.41) is 4.92. The Morgan fingerprint density at radius 2 is 1.73 bits per heavy atom. The molecule has 150 valence electrons. The van der Waals surface area contributed by atoms with Crippen LogP contribution in [0.2, 0.25) is 0 Å². The summed E-state index contributed by atoms with van der Waals surface area (Å²) in [6.07, 6.45) is 1.62. The minimum absolute atomic E-state index is 0.116. The molecule has 6 nitrogen and oxygen atoms in total. The van der Waals surface area contributed by atoms with Crippen molar-refractivity contribution in [2.75, 3.05) is 7.11 Å². The lowest BCUT2D eigenvalue weighted by atomic mass is 10.2. The zero-order valence-electron chi connectivity index (χ0n) is 16.8. The minimum atomic E-state index is -0.242. The Labute approximate surface area is 174 Å². The topological polar surface area (TPSA) is 65.7 Å². The van der Waals surface area contributed by atoms with Gasteiger partial charge in [0.15, 0.2) is 5.82 Å². The average Bonchev–Trinajstić information content (AvgIpc) is 2.78. The minimum Gasteiger partial charge on any atom is -0.497 e. The molecule has 0 aliphatic heterocycles. The zero-order chi connectivity index (χ0) is 20.9. The van der Waals surface area contributed by atoms with Crippen LogP contribution < -0.4 is 15.0 Å². The standard InChI is InChI=1S/C24H21N3O3/c1-17-7-3-6-10-22(17)30-16-23-26-21-9-5-4-8-20(21)24(28)27(23)25-15-18-11-13-19(29-2)14-12-18/h3-15H,16H2,1-2H3. The van der Waals surface area contributed by atoms with E-state index < -0.39 is 0 Å². The number of aryl methyl sites for hydroxylation is 1. The molecular weight excluding hydrogens is 378 g/mol. The van der Waals surface area contributed by atoms with E-state index in [9.17, 15) is 4.79 Å². The van der Waals surface area contributed by atoms with Gasteiger partial charge in [-0.2, -0.15) is 9.78 Å². The lowest BCUT2D eigenvalue weighted by Crippen LogP contribution is -2.23. The number of hydrogen-bond acceptors (Lipinski definition) is 5. The summed E-state index contributed by atoms with van der Waals surface area (Å²) >= 11 is 0. The van der Waals surface area contributed by atoms with Crippen LogP contribution in [0.15, 0.2) is 82.7 Å². The number of nitrogens with zero attached hydrogens (tertiary/aromatic N) is 3. The van der Waals surface area contributed by atoms with Gasteiger partial charge in [0.25, 0.3) is 5.56 Å². The first kappa shape index (κ1) is 19.4. The molecule has 3 aromatic carbocycles. The van der Waals surface area contributed by atoms with Crippen LogP contribution in [0.1, 0.15) is 17.0 Å². The van der Waals surface area contributed by atoms with Crippen LogP contribution in [0.5, 0.6) is 11.5 Å². The molecule has 4 rings (SSSR count). The van der Waals surface area contributed by atoms with Gasteiger partial charge in [0.2, 0.25) is 0 Å². The normalized spacial score (nSPS) is 11.1. The van der Waals surface area contributed by atoms with Crippen molar-refractivity contribution in [3.05, 3.63) is 100 Å². The third kappa shape index (κ3) is 4.07. The van der Waals surface area contributed by atoms with Crippen molar-refractivity contribution in [2.45, 2.75) is 13.5 Å². The Hall–Kier alpha value is -3.93. The fourth-order valence-corrected chi connectivity index (χ4v) is 3.06. The van der Waals surface area contributed by atoms with Crippen LogP contribution in [0, 0.1) is 6.92 Å². The quantitative estimate of drug-likeness (QED) is 0.456. The molecule has 0 radical (unpaired) electrons. The molecule has 1 aromatic heterocycles. The van der Waals surface area contributed by atoms with Crippen LogP contribution in [0.4, 0.5) is 0 Å². The van der Waals surface area contributed by atoms with Crippen molar-refractivity contribution in [3.8, 4) is 11.5 Å². The Morgan fingerprint density at radius 1 is 1.00 bits per heavy atom. The molecule has 0 spiro atoms. The second kappa shape index (κ2) is 8.61. The van der Waals surface area contributed by atoms with Crippen molar-refractivity contribution in [3.63, 3.8) is 0 Å². The molecule has 0 aliphatic carbocycles. The second-order valence-electron chi connectivity index (χ2n) is 6.73. The summed E-state index contributed by atoms with van der Waals surface area (Å²) in [6.45, 7) is 2.09. The smallest absolute Gasteiger partial charge is 0.282 e. The molecule has 0 saturated carbocycles. The molecule has 4 aromatic rings. The predicted octanol–water partition coefficient (Wildman–Crippen LogP) is 4.17. The van der Waals surface area contributed by atoms with Gasteiger partial charge in [-0.05, 0) is 60.5 Å². The number of rotatable bonds is 6. The molecular formula is C24H21N3O3. The maximum atomic E-state index is 13.1. The maximum Gasteiger partial charge on any atom is 0.282 e. The molecule has 0 N–H and O–H groups in total. The van der Waals surface area contributed by atoms with Crippen molar-refractivity contribution < 1.29 is 9.47 Å². The number of hydrogen-bond donors (Lipinski definition) is 0. The highest BCUT2D eigenvalue weighted by Gasteiger charge is 2.11. The first-order chi connectivity index (χ1) is 14.7. The van der Waals surface area contributed by atoms with Gasteiger partial charge < -0.3 is 9.47 Å². The van der Waals surface area contributed by atoms with Crippen LogP contribution >= 0.6 is 0 Å². The molecule has 0 bridgehead atoms. The average molecular weight is 399 g/mol. The molecule has 6 heteroatoms. The number of ether oxygens (including phenoxy) is 2. The van der Waals surface area contributed by atoms with Crippen LogP contribution in [0.25, 0.3) is 10.9 Å². The van der Waals surface area contributed by atoms with Gasteiger partial charge in [0.05, 0.1) is 24.2 Å². The third-order valence-corrected chi connectivity index (χ3v) is 4.71. The monoisotopic (exact) mass is 399 g/mol. The van der Waals surface area contributed by atoms with E-state index in [1.54, 1.807) is 19.4 Å². The maximum absolute atomic E-state index is 13.1. The molecule has 0 atom stereocenters.